The first-order valence-electron chi connectivity index (χ1n) is 8.23. The van der Waals surface area contributed by atoms with Crippen LogP contribution < -0.4 is 10.5 Å². The number of fused-ring (bicyclic) bond motifs is 1. The van der Waals surface area contributed by atoms with E-state index in [1.807, 2.05) is 20.8 Å². The monoisotopic (exact) mass is 337 g/mol. The van der Waals surface area contributed by atoms with Gasteiger partial charge in [0.25, 0.3) is 5.91 Å². The molecule has 0 aromatic heterocycles. The van der Waals surface area contributed by atoms with Crippen LogP contribution in [0.3, 0.4) is 0 Å². The van der Waals surface area contributed by atoms with E-state index >= 15 is 0 Å². The Bertz CT molecular complexity index is 643. The predicted octanol–water partition coefficient (Wildman–Crippen LogP) is 1.51. The van der Waals surface area contributed by atoms with Crippen LogP contribution in [-0.2, 0) is 16.0 Å². The number of hydrogen-bond acceptors (Lipinski definition) is 5. The van der Waals surface area contributed by atoms with E-state index in [9.17, 15) is 9.90 Å². The summed E-state index contributed by atoms with van der Waals surface area (Å²) in [5.41, 5.74) is 7.79. The van der Waals surface area contributed by atoms with Crippen LogP contribution in [0.5, 0.6) is 11.5 Å². The van der Waals surface area contributed by atoms with Crippen molar-refractivity contribution in [3.8, 4) is 11.5 Å². The number of carbonyl (C=O) groups is 1. The molecular weight excluding hydrogens is 310 g/mol. The fraction of sp³-hybridized carbons (Fsp3) is 0.611. The van der Waals surface area contributed by atoms with E-state index in [4.69, 9.17) is 20.3 Å². The Hall–Kier alpha value is -1.79. The number of aromatic hydroxyl groups is 1. The molecule has 1 heterocycles. The molecule has 1 aromatic rings. The number of ether oxygens (including phenoxy) is 2. The number of phenolic OH excluding ortho intramolecular Hbond substituents is 1. The van der Waals surface area contributed by atoms with Crippen LogP contribution >= 0.6 is 0 Å². The van der Waals surface area contributed by atoms with Crippen LogP contribution in [0, 0.1) is 26.7 Å². The van der Waals surface area contributed by atoms with Crippen molar-refractivity contribution in [2.45, 2.75) is 46.1 Å². The van der Waals surface area contributed by atoms with Gasteiger partial charge in [0.05, 0.1) is 13.2 Å². The Kier molecular flexibility index (Phi) is 5.40. The first kappa shape index (κ1) is 18.5. The summed E-state index contributed by atoms with van der Waals surface area (Å²) in [6, 6.07) is 0. The Morgan fingerprint density at radius 2 is 1.96 bits per heavy atom. The second-order valence-corrected chi connectivity index (χ2v) is 6.63. The summed E-state index contributed by atoms with van der Waals surface area (Å²) in [6.45, 7) is 7.90. The molecule has 0 bridgehead atoms. The maximum atomic E-state index is 12.1. The van der Waals surface area contributed by atoms with Crippen molar-refractivity contribution >= 4 is 5.91 Å². The Labute approximate surface area is 142 Å². The van der Waals surface area contributed by atoms with Crippen LogP contribution in [0.1, 0.15) is 35.6 Å². The van der Waals surface area contributed by atoms with E-state index in [-0.39, 0.29) is 24.9 Å². The van der Waals surface area contributed by atoms with Crippen molar-refractivity contribution in [1.82, 2.24) is 0 Å². The van der Waals surface area contributed by atoms with Gasteiger partial charge in [0.1, 0.15) is 11.5 Å². The molecule has 2 unspecified atom stereocenters. The molecule has 1 aliphatic heterocycles. The van der Waals surface area contributed by atoms with E-state index in [0.717, 1.165) is 22.3 Å². The van der Waals surface area contributed by atoms with Gasteiger partial charge in [0.15, 0.2) is 5.60 Å². The number of benzene rings is 1. The van der Waals surface area contributed by atoms with Gasteiger partial charge in [-0.3, -0.25) is 4.79 Å². The second-order valence-electron chi connectivity index (χ2n) is 6.63. The van der Waals surface area contributed by atoms with Crippen LogP contribution in [0.15, 0.2) is 0 Å². The molecule has 1 aromatic carbocycles. The molecular formula is C18H27NO5. The van der Waals surface area contributed by atoms with Crippen molar-refractivity contribution in [1.29, 1.82) is 0 Å². The molecule has 1 amide bonds. The highest BCUT2D eigenvalue weighted by Gasteiger charge is 2.46. The molecule has 0 radical (unpaired) electrons. The highest BCUT2D eigenvalue weighted by Crippen LogP contribution is 2.46. The summed E-state index contributed by atoms with van der Waals surface area (Å²) in [7, 11) is 0. The van der Waals surface area contributed by atoms with Gasteiger partial charge in [-0.1, -0.05) is 0 Å². The molecule has 1 aliphatic rings. The van der Waals surface area contributed by atoms with Crippen molar-refractivity contribution in [3.63, 3.8) is 0 Å². The van der Waals surface area contributed by atoms with Crippen LogP contribution in [-0.4, -0.2) is 41.5 Å². The molecule has 2 atom stereocenters. The largest absolute Gasteiger partial charge is 0.507 e. The number of primary amides is 1. The van der Waals surface area contributed by atoms with E-state index in [0.29, 0.717) is 25.2 Å². The summed E-state index contributed by atoms with van der Waals surface area (Å²) in [5, 5.41) is 19.1. The smallest absolute Gasteiger partial charge is 0.261 e. The lowest BCUT2D eigenvalue weighted by Crippen LogP contribution is -2.55. The fourth-order valence-corrected chi connectivity index (χ4v) is 3.31. The minimum absolute atomic E-state index is 0.0391. The van der Waals surface area contributed by atoms with Gasteiger partial charge in [-0.15, -0.1) is 0 Å². The minimum Gasteiger partial charge on any atom is -0.507 e. The average Bonchev–Trinajstić information content (AvgIpc) is 2.55. The lowest BCUT2D eigenvalue weighted by Gasteiger charge is -2.41. The van der Waals surface area contributed by atoms with Crippen LogP contribution in [0.4, 0.5) is 0 Å². The van der Waals surface area contributed by atoms with Crippen molar-refractivity contribution < 1.29 is 24.5 Å². The van der Waals surface area contributed by atoms with Crippen molar-refractivity contribution in [2.24, 2.45) is 11.7 Å². The Morgan fingerprint density at radius 3 is 2.54 bits per heavy atom. The number of rotatable bonds is 6. The van der Waals surface area contributed by atoms with E-state index in [1.54, 1.807) is 6.92 Å². The molecule has 24 heavy (non-hydrogen) atoms. The Morgan fingerprint density at radius 1 is 1.29 bits per heavy atom. The third-order valence-electron chi connectivity index (χ3n) is 5.22. The number of phenols is 1. The lowest BCUT2D eigenvalue weighted by atomic mass is 9.77. The summed E-state index contributed by atoms with van der Waals surface area (Å²) < 4.78 is 11.4. The molecule has 134 valence electrons. The van der Waals surface area contributed by atoms with Gasteiger partial charge in [0, 0.05) is 18.1 Å². The third kappa shape index (κ3) is 3.08. The first-order chi connectivity index (χ1) is 11.2. The SMILES string of the molecule is Cc1c(C)c2c(c(C)c1O)CC(CCOCCO)C(C)(C(N)=O)O2. The van der Waals surface area contributed by atoms with Crippen molar-refractivity contribution in [2.75, 3.05) is 19.8 Å². The van der Waals surface area contributed by atoms with Crippen LogP contribution in [0.2, 0.25) is 0 Å². The predicted molar refractivity (Wildman–Crippen MR) is 90.3 cm³/mol. The molecule has 0 saturated carbocycles. The van der Waals surface area contributed by atoms with Gasteiger partial charge >= 0.3 is 0 Å². The normalized spacial score (nSPS) is 22.8. The number of aliphatic hydroxyl groups is 1. The van der Waals surface area contributed by atoms with Crippen LogP contribution in [0.25, 0.3) is 0 Å². The van der Waals surface area contributed by atoms with E-state index < -0.39 is 11.5 Å². The quantitative estimate of drug-likeness (QED) is 0.683. The summed E-state index contributed by atoms with van der Waals surface area (Å²) in [5.74, 6) is 0.244. The molecule has 4 N–H and O–H groups in total. The second kappa shape index (κ2) is 6.99. The molecule has 6 nitrogen and oxygen atoms in total. The zero-order valence-corrected chi connectivity index (χ0v) is 14.8. The lowest BCUT2D eigenvalue weighted by molar-refractivity contribution is -0.139. The zero-order chi connectivity index (χ0) is 18.1. The molecule has 0 fully saturated rings. The number of hydrogen-bond donors (Lipinski definition) is 3. The van der Waals surface area contributed by atoms with E-state index in [2.05, 4.69) is 0 Å². The third-order valence-corrected chi connectivity index (χ3v) is 5.22. The van der Waals surface area contributed by atoms with Gasteiger partial charge in [-0.05, 0) is 57.2 Å². The van der Waals surface area contributed by atoms with Gasteiger partial charge < -0.3 is 25.4 Å². The number of aliphatic hydroxyl groups excluding tert-OH is 1. The highest BCUT2D eigenvalue weighted by molar-refractivity contribution is 5.84. The standard InChI is InChI=1S/C18H27NO5/c1-10-11(2)16-14(12(3)15(10)21)9-13(5-7-23-8-6-20)18(4,24-16)17(19)22/h13,20-21H,5-9H2,1-4H3,(H2,19,22). The maximum Gasteiger partial charge on any atom is 0.261 e. The summed E-state index contributed by atoms with van der Waals surface area (Å²) in [6.07, 6.45) is 1.16. The van der Waals surface area contributed by atoms with Crippen molar-refractivity contribution in [3.05, 3.63) is 22.3 Å². The average molecular weight is 337 g/mol. The zero-order valence-electron chi connectivity index (χ0n) is 14.8. The molecule has 0 aliphatic carbocycles. The number of carbonyl (C=O) groups excluding carboxylic acids is 1. The highest BCUT2D eigenvalue weighted by atomic mass is 16.5. The molecule has 6 heteroatoms. The number of nitrogens with two attached hydrogens (primary N) is 1. The Balaban J connectivity index is 2.40. The number of amides is 1. The summed E-state index contributed by atoms with van der Waals surface area (Å²) in [4.78, 5) is 12.1. The topological polar surface area (TPSA) is 102 Å². The molecule has 2 rings (SSSR count). The van der Waals surface area contributed by atoms with E-state index in [1.165, 1.54) is 0 Å². The molecule has 0 spiro atoms. The maximum absolute atomic E-state index is 12.1. The summed E-state index contributed by atoms with van der Waals surface area (Å²) >= 11 is 0. The first-order valence-corrected chi connectivity index (χ1v) is 8.23. The van der Waals surface area contributed by atoms with Gasteiger partial charge in [0.2, 0.25) is 0 Å². The minimum atomic E-state index is -1.13. The molecule has 0 saturated heterocycles. The fourth-order valence-electron chi connectivity index (χ4n) is 3.31. The van der Waals surface area contributed by atoms with Gasteiger partial charge in [-0.2, -0.15) is 0 Å². The van der Waals surface area contributed by atoms with Gasteiger partial charge in [-0.25, -0.2) is 0 Å².